The fraction of sp³-hybridized carbons (Fsp3) is 0.300. The van der Waals surface area contributed by atoms with Crippen molar-refractivity contribution in [2.24, 2.45) is 0 Å². The number of para-hydroxylation sites is 2. The summed E-state index contributed by atoms with van der Waals surface area (Å²) in [6, 6.07) is 5.66. The summed E-state index contributed by atoms with van der Waals surface area (Å²) in [5, 5.41) is 8.70. The van der Waals surface area contributed by atoms with E-state index in [1.807, 2.05) is 0 Å². The maximum atomic E-state index is 12.3. The molecule has 0 saturated heterocycles. The van der Waals surface area contributed by atoms with Gasteiger partial charge in [-0.2, -0.15) is 13.2 Å². The molecule has 0 aromatic heterocycles. The molecule has 0 saturated carbocycles. The van der Waals surface area contributed by atoms with E-state index in [9.17, 15) is 18.0 Å². The monoisotopic (exact) mass is 248 g/mol. The normalized spacial score (nSPS) is 11.3. The molecule has 0 aliphatic heterocycles. The summed E-state index contributed by atoms with van der Waals surface area (Å²) in [6.45, 7) is -1.05. The SMILES string of the molecule is Nc1ccccc1N(CCO)C(=O)C(F)(F)F. The molecule has 1 aromatic carbocycles. The molecule has 17 heavy (non-hydrogen) atoms. The summed E-state index contributed by atoms with van der Waals surface area (Å²) in [4.78, 5) is 11.6. The number of benzene rings is 1. The van der Waals surface area contributed by atoms with Gasteiger partial charge >= 0.3 is 12.1 Å². The van der Waals surface area contributed by atoms with Crippen LogP contribution in [0.5, 0.6) is 0 Å². The van der Waals surface area contributed by atoms with Crippen LogP contribution >= 0.6 is 0 Å². The summed E-state index contributed by atoms with van der Waals surface area (Å²) >= 11 is 0. The number of aliphatic hydroxyl groups is 1. The first kappa shape index (κ1) is 13.3. The summed E-state index contributed by atoms with van der Waals surface area (Å²) in [5.74, 6) is -2.05. The second kappa shape index (κ2) is 5.05. The Labute approximate surface area is 95.4 Å². The van der Waals surface area contributed by atoms with E-state index in [4.69, 9.17) is 10.8 Å². The molecule has 0 aliphatic rings. The van der Waals surface area contributed by atoms with Crippen LogP contribution in [0, 0.1) is 0 Å². The fourth-order valence-electron chi connectivity index (χ4n) is 1.32. The number of rotatable bonds is 3. The first-order chi connectivity index (χ1) is 7.88. The zero-order valence-electron chi connectivity index (χ0n) is 8.74. The lowest BCUT2D eigenvalue weighted by Crippen LogP contribution is -2.43. The molecule has 0 atom stereocenters. The molecule has 7 heteroatoms. The van der Waals surface area contributed by atoms with Gasteiger partial charge in [0.15, 0.2) is 0 Å². The highest BCUT2D eigenvalue weighted by molar-refractivity contribution is 5.99. The third kappa shape index (κ3) is 3.10. The number of nitrogens with two attached hydrogens (primary N) is 1. The molecule has 0 heterocycles. The van der Waals surface area contributed by atoms with Crippen molar-refractivity contribution < 1.29 is 23.1 Å². The number of hydrogen-bond donors (Lipinski definition) is 2. The van der Waals surface area contributed by atoms with Crippen LogP contribution in [0.25, 0.3) is 0 Å². The average molecular weight is 248 g/mol. The molecule has 4 nitrogen and oxygen atoms in total. The van der Waals surface area contributed by atoms with Crippen molar-refractivity contribution in [2.75, 3.05) is 23.8 Å². The molecule has 0 fully saturated rings. The van der Waals surface area contributed by atoms with Crippen molar-refractivity contribution in [3.8, 4) is 0 Å². The summed E-state index contributed by atoms with van der Waals surface area (Å²) in [7, 11) is 0. The number of carbonyl (C=O) groups is 1. The van der Waals surface area contributed by atoms with E-state index in [0.29, 0.717) is 4.90 Å². The van der Waals surface area contributed by atoms with E-state index in [1.165, 1.54) is 24.3 Å². The highest BCUT2D eigenvalue weighted by Crippen LogP contribution is 2.27. The van der Waals surface area contributed by atoms with Crippen LogP contribution in [0.2, 0.25) is 0 Å². The van der Waals surface area contributed by atoms with Crippen molar-refractivity contribution >= 4 is 17.3 Å². The van der Waals surface area contributed by atoms with E-state index >= 15 is 0 Å². The first-order valence-electron chi connectivity index (χ1n) is 4.72. The van der Waals surface area contributed by atoms with Crippen LogP contribution in [-0.4, -0.2) is 30.3 Å². The van der Waals surface area contributed by atoms with Crippen LogP contribution in [0.1, 0.15) is 0 Å². The third-order valence-electron chi connectivity index (χ3n) is 2.04. The number of nitrogen functional groups attached to an aromatic ring is 1. The minimum atomic E-state index is -5.00. The fourth-order valence-corrected chi connectivity index (χ4v) is 1.32. The molecule has 0 bridgehead atoms. The third-order valence-corrected chi connectivity index (χ3v) is 2.04. The van der Waals surface area contributed by atoms with Crippen molar-refractivity contribution in [3.05, 3.63) is 24.3 Å². The van der Waals surface area contributed by atoms with Gasteiger partial charge in [-0.25, -0.2) is 0 Å². The lowest BCUT2D eigenvalue weighted by molar-refractivity contribution is -0.170. The molecule has 3 N–H and O–H groups in total. The lowest BCUT2D eigenvalue weighted by Gasteiger charge is -2.24. The zero-order chi connectivity index (χ0) is 13.1. The number of amides is 1. The number of nitrogens with zero attached hydrogens (tertiary/aromatic N) is 1. The number of halogens is 3. The number of anilines is 2. The predicted octanol–water partition coefficient (Wildman–Crippen LogP) is 1.16. The predicted molar refractivity (Wildman–Crippen MR) is 56.3 cm³/mol. The van der Waals surface area contributed by atoms with Gasteiger partial charge in [0.2, 0.25) is 0 Å². The molecule has 94 valence electrons. The average Bonchev–Trinajstić information content (AvgIpc) is 2.25. The molecule has 0 spiro atoms. The van der Waals surface area contributed by atoms with Gasteiger partial charge in [0, 0.05) is 6.54 Å². The molecular formula is C10H11F3N2O2. The largest absolute Gasteiger partial charge is 0.471 e. The van der Waals surface area contributed by atoms with Gasteiger partial charge < -0.3 is 15.7 Å². The molecule has 0 radical (unpaired) electrons. The maximum absolute atomic E-state index is 12.3. The smallest absolute Gasteiger partial charge is 0.397 e. The lowest BCUT2D eigenvalue weighted by atomic mass is 10.2. The van der Waals surface area contributed by atoms with Crippen molar-refractivity contribution in [1.82, 2.24) is 0 Å². The molecule has 1 amide bonds. The van der Waals surface area contributed by atoms with Crippen LogP contribution in [0.15, 0.2) is 24.3 Å². The Morgan fingerprint density at radius 2 is 1.94 bits per heavy atom. The van der Waals surface area contributed by atoms with Crippen LogP contribution in [0.4, 0.5) is 24.5 Å². The minimum absolute atomic E-state index is 0.0403. The van der Waals surface area contributed by atoms with E-state index in [-0.39, 0.29) is 11.4 Å². The van der Waals surface area contributed by atoms with E-state index < -0.39 is 25.2 Å². The Bertz CT molecular complexity index is 407. The number of carbonyl (C=O) groups excluding carboxylic acids is 1. The minimum Gasteiger partial charge on any atom is -0.397 e. The van der Waals surface area contributed by atoms with Crippen molar-refractivity contribution in [3.63, 3.8) is 0 Å². The highest BCUT2D eigenvalue weighted by atomic mass is 19.4. The van der Waals surface area contributed by atoms with E-state index in [1.54, 1.807) is 0 Å². The Kier molecular flexibility index (Phi) is 3.95. The van der Waals surface area contributed by atoms with Crippen LogP contribution in [0.3, 0.4) is 0 Å². The molecule has 1 aromatic rings. The van der Waals surface area contributed by atoms with Gasteiger partial charge in [0.05, 0.1) is 18.0 Å². The highest BCUT2D eigenvalue weighted by Gasteiger charge is 2.43. The zero-order valence-corrected chi connectivity index (χ0v) is 8.74. The van der Waals surface area contributed by atoms with Gasteiger partial charge in [-0.15, -0.1) is 0 Å². The summed E-state index contributed by atoms with van der Waals surface area (Å²) < 4.78 is 37.0. The number of hydrogen-bond acceptors (Lipinski definition) is 3. The standard InChI is InChI=1S/C10H11F3N2O2/c11-10(12,13)9(17)15(5-6-16)8-4-2-1-3-7(8)14/h1-4,16H,5-6,14H2. The number of aliphatic hydroxyl groups excluding tert-OH is 1. The van der Waals surface area contributed by atoms with Crippen LogP contribution in [-0.2, 0) is 4.79 Å². The van der Waals surface area contributed by atoms with Gasteiger partial charge in [-0.3, -0.25) is 4.79 Å². The van der Waals surface area contributed by atoms with Crippen LogP contribution < -0.4 is 10.6 Å². The number of alkyl halides is 3. The maximum Gasteiger partial charge on any atom is 0.471 e. The summed E-state index contributed by atoms with van der Waals surface area (Å²) in [6.07, 6.45) is -5.00. The molecule has 0 unspecified atom stereocenters. The Morgan fingerprint density at radius 1 is 1.35 bits per heavy atom. The Morgan fingerprint density at radius 3 is 2.41 bits per heavy atom. The second-order valence-electron chi connectivity index (χ2n) is 3.24. The van der Waals surface area contributed by atoms with Crippen molar-refractivity contribution in [2.45, 2.75) is 6.18 Å². The topological polar surface area (TPSA) is 66.6 Å². The van der Waals surface area contributed by atoms with E-state index in [2.05, 4.69) is 0 Å². The van der Waals surface area contributed by atoms with Gasteiger partial charge in [0.1, 0.15) is 0 Å². The first-order valence-corrected chi connectivity index (χ1v) is 4.72. The molecular weight excluding hydrogens is 237 g/mol. The van der Waals surface area contributed by atoms with Gasteiger partial charge in [0.25, 0.3) is 0 Å². The van der Waals surface area contributed by atoms with Crippen molar-refractivity contribution in [1.29, 1.82) is 0 Å². The second-order valence-corrected chi connectivity index (χ2v) is 3.24. The Hall–Kier alpha value is -1.76. The van der Waals surface area contributed by atoms with Gasteiger partial charge in [-0.05, 0) is 12.1 Å². The molecule has 1 rings (SSSR count). The van der Waals surface area contributed by atoms with E-state index in [0.717, 1.165) is 0 Å². The quantitative estimate of drug-likeness (QED) is 0.789. The Balaban J connectivity index is 3.10. The molecule has 0 aliphatic carbocycles. The van der Waals surface area contributed by atoms with Gasteiger partial charge in [-0.1, -0.05) is 12.1 Å². The summed E-state index contributed by atoms with van der Waals surface area (Å²) in [5.41, 5.74) is 5.46.